The molecule has 1 aliphatic carbocycles. The maximum absolute atomic E-state index is 2.49. The summed E-state index contributed by atoms with van der Waals surface area (Å²) in [4.78, 5) is 2.65. The third-order valence-electron chi connectivity index (χ3n) is 10.1. The lowest BCUT2D eigenvalue weighted by Crippen LogP contribution is -2.28. The van der Waals surface area contributed by atoms with E-state index in [1.54, 1.807) is 0 Å². The van der Waals surface area contributed by atoms with E-state index in [1.165, 1.54) is 87.0 Å². The molecule has 1 heteroatoms. The van der Waals surface area contributed by atoms with Gasteiger partial charge in [-0.1, -0.05) is 157 Å². The van der Waals surface area contributed by atoms with Gasteiger partial charge in [0.2, 0.25) is 0 Å². The molecule has 0 aromatic heterocycles. The van der Waals surface area contributed by atoms with Gasteiger partial charge in [-0.25, -0.2) is 0 Å². The molecule has 0 radical (unpaired) electrons. The first-order chi connectivity index (χ1) is 22.8. The van der Waals surface area contributed by atoms with Gasteiger partial charge in [-0.05, 0) is 96.1 Å². The third-order valence-corrected chi connectivity index (χ3v) is 11.2. The number of hydrogen-bond acceptors (Lipinski definition) is 1. The Bertz CT molecular complexity index is 2450. The molecule has 0 spiro atoms. The first-order valence-corrected chi connectivity index (χ1v) is 16.7. The third kappa shape index (κ3) is 3.52. The molecule has 0 N–H and O–H groups in total. The van der Waals surface area contributed by atoms with Crippen LogP contribution in [0.25, 0.3) is 54.9 Å². The fourth-order valence-electron chi connectivity index (χ4n) is 8.20. The van der Waals surface area contributed by atoms with Gasteiger partial charge in [0, 0.05) is 15.2 Å². The molecule has 0 bridgehead atoms. The van der Waals surface area contributed by atoms with Crippen molar-refractivity contribution < 1.29 is 0 Å². The summed E-state index contributed by atoms with van der Waals surface area (Å²) < 4.78 is 0. The van der Waals surface area contributed by atoms with Crippen molar-refractivity contribution >= 4 is 33.3 Å². The van der Waals surface area contributed by atoms with Crippen molar-refractivity contribution in [3.05, 3.63) is 192 Å². The minimum atomic E-state index is -0.462. The van der Waals surface area contributed by atoms with Crippen molar-refractivity contribution in [1.82, 2.24) is 0 Å². The summed E-state index contributed by atoms with van der Waals surface area (Å²) in [6.07, 6.45) is 0. The largest absolute Gasteiger partial charge is 0.0888 e. The van der Waals surface area contributed by atoms with E-state index < -0.39 is 5.41 Å². The normalized spacial score (nSPS) is 13.7. The lowest BCUT2D eigenvalue weighted by atomic mass is 9.66. The number of rotatable bonds is 3. The molecule has 0 nitrogen and oxygen atoms in total. The Balaban J connectivity index is 1.28. The van der Waals surface area contributed by atoms with E-state index in [0.29, 0.717) is 0 Å². The minimum Gasteiger partial charge on any atom is -0.0888 e. The summed E-state index contributed by atoms with van der Waals surface area (Å²) in [5.74, 6) is 0. The summed E-state index contributed by atoms with van der Waals surface area (Å²) in [5, 5.41) is 5.23. The summed E-state index contributed by atoms with van der Waals surface area (Å²) >= 11 is 1.89. The number of fused-ring (bicyclic) bond motifs is 7. The van der Waals surface area contributed by atoms with Crippen LogP contribution < -0.4 is 0 Å². The average Bonchev–Trinajstić information content (AvgIpc) is 3.43. The van der Waals surface area contributed by atoms with Crippen LogP contribution in [0.15, 0.2) is 180 Å². The minimum absolute atomic E-state index is 0.462. The molecule has 0 atom stereocenters. The Labute approximate surface area is 273 Å². The van der Waals surface area contributed by atoms with Crippen LogP contribution in [0.4, 0.5) is 0 Å². The van der Waals surface area contributed by atoms with Gasteiger partial charge in [0.1, 0.15) is 0 Å². The fourth-order valence-corrected chi connectivity index (χ4v) is 9.39. The zero-order valence-electron chi connectivity index (χ0n) is 25.1. The highest BCUT2D eigenvalue weighted by molar-refractivity contribution is 7.99. The molecule has 2 aliphatic rings. The Kier molecular flexibility index (Phi) is 5.53. The highest BCUT2D eigenvalue weighted by atomic mass is 32.2. The van der Waals surface area contributed by atoms with E-state index in [4.69, 9.17) is 0 Å². The van der Waals surface area contributed by atoms with Crippen LogP contribution in [-0.4, -0.2) is 0 Å². The predicted octanol–water partition coefficient (Wildman–Crippen LogP) is 12.2. The molecule has 46 heavy (non-hydrogen) atoms. The smallest absolute Gasteiger partial charge is 0.0719 e. The van der Waals surface area contributed by atoms with Crippen molar-refractivity contribution in [2.75, 3.05) is 0 Å². The molecular weight excluding hydrogens is 573 g/mol. The van der Waals surface area contributed by atoms with Gasteiger partial charge in [-0.15, -0.1) is 0 Å². The molecule has 1 heterocycles. The predicted molar refractivity (Wildman–Crippen MR) is 194 cm³/mol. The van der Waals surface area contributed by atoms with Crippen LogP contribution >= 0.6 is 11.8 Å². The zero-order chi connectivity index (χ0) is 30.2. The van der Waals surface area contributed by atoms with Crippen molar-refractivity contribution in [3.8, 4) is 33.4 Å². The van der Waals surface area contributed by atoms with Crippen LogP contribution in [-0.2, 0) is 5.41 Å². The second kappa shape index (κ2) is 9.81. The lowest BCUT2D eigenvalue weighted by Gasteiger charge is -2.35. The van der Waals surface area contributed by atoms with Crippen LogP contribution in [0.3, 0.4) is 0 Å². The molecule has 0 fully saturated rings. The molecule has 1 aliphatic heterocycles. The maximum atomic E-state index is 2.49. The molecular formula is C45H28S. The average molecular weight is 601 g/mol. The lowest BCUT2D eigenvalue weighted by molar-refractivity contribution is 0.776. The molecule has 8 aromatic carbocycles. The second-order valence-electron chi connectivity index (χ2n) is 12.4. The van der Waals surface area contributed by atoms with Gasteiger partial charge >= 0.3 is 0 Å². The molecule has 10 rings (SSSR count). The van der Waals surface area contributed by atoms with Gasteiger partial charge < -0.3 is 0 Å². The molecule has 0 saturated heterocycles. The molecule has 214 valence electrons. The van der Waals surface area contributed by atoms with Crippen molar-refractivity contribution in [1.29, 1.82) is 0 Å². The van der Waals surface area contributed by atoms with E-state index in [-0.39, 0.29) is 0 Å². The summed E-state index contributed by atoms with van der Waals surface area (Å²) in [5.41, 5.74) is 12.6. The quantitative estimate of drug-likeness (QED) is 0.194. The van der Waals surface area contributed by atoms with Crippen molar-refractivity contribution in [2.45, 2.75) is 15.2 Å². The zero-order valence-corrected chi connectivity index (χ0v) is 25.9. The van der Waals surface area contributed by atoms with E-state index in [0.717, 1.165) is 0 Å². The maximum Gasteiger partial charge on any atom is 0.0719 e. The second-order valence-corrected chi connectivity index (χ2v) is 13.5. The van der Waals surface area contributed by atoms with E-state index in [1.807, 2.05) is 11.8 Å². The van der Waals surface area contributed by atoms with E-state index in [2.05, 4.69) is 170 Å². The van der Waals surface area contributed by atoms with Gasteiger partial charge in [0.25, 0.3) is 0 Å². The standard InChI is InChI=1S/C45H28S/c1-3-14-33(15-4-1)45(34-16-5-2-6-17-34)40-27-30(23-24-36(40)39-25-22-29-12-7-8-18-35(29)44(39)45)32-26-31-13-11-20-38-37-19-9-10-21-41(37)46-42(28-32)43(31)38/h1-28H. The Morgan fingerprint density at radius 3 is 1.89 bits per heavy atom. The number of benzene rings is 8. The van der Waals surface area contributed by atoms with E-state index >= 15 is 0 Å². The fraction of sp³-hybridized carbons (Fsp3) is 0.0222. The molecule has 8 aromatic rings. The van der Waals surface area contributed by atoms with Gasteiger partial charge in [-0.3, -0.25) is 0 Å². The highest BCUT2D eigenvalue weighted by Gasteiger charge is 2.47. The van der Waals surface area contributed by atoms with Crippen LogP contribution in [0.1, 0.15) is 22.3 Å². The first-order valence-electron chi connectivity index (χ1n) is 15.9. The summed E-state index contributed by atoms with van der Waals surface area (Å²) in [6, 6.07) is 63.3. The van der Waals surface area contributed by atoms with Crippen LogP contribution in [0.2, 0.25) is 0 Å². The van der Waals surface area contributed by atoms with Crippen LogP contribution in [0.5, 0.6) is 0 Å². The van der Waals surface area contributed by atoms with E-state index in [9.17, 15) is 0 Å². The Morgan fingerprint density at radius 1 is 0.391 bits per heavy atom. The molecule has 0 unspecified atom stereocenters. The number of hydrogen-bond donors (Lipinski definition) is 0. The first kappa shape index (κ1) is 25.9. The van der Waals surface area contributed by atoms with Gasteiger partial charge in [-0.2, -0.15) is 0 Å². The van der Waals surface area contributed by atoms with Gasteiger partial charge in [0.15, 0.2) is 0 Å². The monoisotopic (exact) mass is 600 g/mol. The molecule has 0 amide bonds. The van der Waals surface area contributed by atoms with Crippen molar-refractivity contribution in [2.24, 2.45) is 0 Å². The Morgan fingerprint density at radius 2 is 1.07 bits per heavy atom. The van der Waals surface area contributed by atoms with Crippen molar-refractivity contribution in [3.63, 3.8) is 0 Å². The SMILES string of the molecule is c1ccc(C2(c3ccccc3)c3cc(-c4cc5c6c(cccc6c4)-c4ccccc4S5)ccc3-c3ccc4ccccc4c32)cc1. The Hall–Kier alpha value is -5.37. The highest BCUT2D eigenvalue weighted by Crippen LogP contribution is 2.59. The summed E-state index contributed by atoms with van der Waals surface area (Å²) in [6.45, 7) is 0. The molecule has 0 saturated carbocycles. The van der Waals surface area contributed by atoms with Gasteiger partial charge in [0.05, 0.1) is 5.41 Å². The summed E-state index contributed by atoms with van der Waals surface area (Å²) in [7, 11) is 0. The topological polar surface area (TPSA) is 0 Å². The van der Waals surface area contributed by atoms with Crippen LogP contribution in [0, 0.1) is 0 Å².